The van der Waals surface area contributed by atoms with Crippen LogP contribution in [-0.4, -0.2) is 41.9 Å². The predicted octanol–water partition coefficient (Wildman–Crippen LogP) is 2.86. The van der Waals surface area contributed by atoms with E-state index >= 15 is 0 Å². The van der Waals surface area contributed by atoms with E-state index in [1.165, 1.54) is 10.9 Å². The second-order valence-electron chi connectivity index (χ2n) is 6.43. The molecule has 0 aliphatic rings. The number of hydrogen-bond donors (Lipinski definition) is 2. The van der Waals surface area contributed by atoms with Crippen molar-refractivity contribution in [2.45, 2.75) is 19.1 Å². The number of hydrogen-bond acceptors (Lipinski definition) is 6. The lowest BCUT2D eigenvalue weighted by molar-refractivity contribution is -0.122. The lowest BCUT2D eigenvalue weighted by Crippen LogP contribution is -2.31. The molecule has 0 radical (unpaired) electrons. The van der Waals surface area contributed by atoms with Crippen LogP contribution in [0, 0.1) is 0 Å². The topological polar surface area (TPSA) is 94.5 Å². The van der Waals surface area contributed by atoms with Gasteiger partial charge in [0.1, 0.15) is 18.4 Å². The zero-order chi connectivity index (χ0) is 21.2. The summed E-state index contributed by atoms with van der Waals surface area (Å²) in [5, 5.41) is 11.7. The largest absolute Gasteiger partial charge is 0.493 e. The maximum Gasteiger partial charge on any atom is 0.241 e. The summed E-state index contributed by atoms with van der Waals surface area (Å²) in [4.78, 5) is 25.3. The fourth-order valence-corrected chi connectivity index (χ4v) is 3.50. The molecule has 158 valence electrons. The highest BCUT2D eigenvalue weighted by Crippen LogP contribution is 2.20. The fourth-order valence-electron chi connectivity index (χ4n) is 2.70. The molecule has 0 spiro atoms. The van der Waals surface area contributed by atoms with Crippen LogP contribution < -0.4 is 15.4 Å². The van der Waals surface area contributed by atoms with Crippen molar-refractivity contribution in [1.82, 2.24) is 15.1 Å². The number of carbonyl (C=O) groups excluding carboxylic acids is 2. The van der Waals surface area contributed by atoms with Crippen LogP contribution in [0.25, 0.3) is 0 Å². The number of aromatic nitrogens is 2. The predicted molar refractivity (Wildman–Crippen MR) is 114 cm³/mol. The van der Waals surface area contributed by atoms with Crippen molar-refractivity contribution in [3.05, 3.63) is 65.1 Å². The normalized spacial score (nSPS) is 11.6. The molecule has 9 heteroatoms. The van der Waals surface area contributed by atoms with Gasteiger partial charge in [0.25, 0.3) is 0 Å². The Morgan fingerprint density at radius 1 is 1.17 bits per heavy atom. The second-order valence-corrected chi connectivity index (χ2v) is 7.41. The van der Waals surface area contributed by atoms with Crippen molar-refractivity contribution in [3.63, 3.8) is 0 Å². The van der Waals surface area contributed by atoms with E-state index < -0.39 is 0 Å². The molecule has 0 fully saturated rings. The number of ether oxygens (including phenoxy) is 2. The van der Waals surface area contributed by atoms with E-state index in [0.717, 1.165) is 10.6 Å². The second kappa shape index (κ2) is 11.1. The van der Waals surface area contributed by atoms with Crippen LogP contribution in [0.2, 0.25) is 0 Å². The third kappa shape index (κ3) is 6.71. The van der Waals surface area contributed by atoms with Crippen molar-refractivity contribution in [2.75, 3.05) is 25.6 Å². The Labute approximate surface area is 178 Å². The van der Waals surface area contributed by atoms with Gasteiger partial charge in [-0.1, -0.05) is 24.3 Å². The van der Waals surface area contributed by atoms with Gasteiger partial charge in [0.15, 0.2) is 0 Å². The van der Waals surface area contributed by atoms with E-state index in [2.05, 4.69) is 15.7 Å². The molecule has 0 bridgehead atoms. The first-order valence-corrected chi connectivity index (χ1v) is 10.3. The minimum absolute atomic E-state index is 0.0495. The summed E-state index contributed by atoms with van der Waals surface area (Å²) in [5.74, 6) is 0.346. The highest BCUT2D eigenvalue weighted by Gasteiger charge is 2.14. The molecule has 3 aromatic rings. The van der Waals surface area contributed by atoms with Crippen LogP contribution in [0.3, 0.4) is 0 Å². The molecular weight excluding hydrogens is 404 g/mol. The fraction of sp³-hybridized carbons (Fsp3) is 0.286. The Bertz CT molecular complexity index is 928. The van der Waals surface area contributed by atoms with E-state index in [0.29, 0.717) is 12.2 Å². The Kier molecular flexibility index (Phi) is 7.99. The average molecular weight is 429 g/mol. The van der Waals surface area contributed by atoms with Crippen LogP contribution >= 0.6 is 11.3 Å². The van der Waals surface area contributed by atoms with Crippen molar-refractivity contribution in [1.29, 1.82) is 0 Å². The minimum atomic E-state index is -0.189. The summed E-state index contributed by atoms with van der Waals surface area (Å²) < 4.78 is 12.4. The van der Waals surface area contributed by atoms with Crippen LogP contribution in [0.4, 0.5) is 5.69 Å². The number of rotatable bonds is 11. The molecule has 8 nitrogen and oxygen atoms in total. The van der Waals surface area contributed by atoms with Crippen LogP contribution in [0.5, 0.6) is 5.75 Å². The highest BCUT2D eigenvalue weighted by atomic mass is 32.1. The number of anilines is 1. The number of thiophene rings is 1. The maximum absolute atomic E-state index is 12.2. The van der Waals surface area contributed by atoms with Gasteiger partial charge in [-0.2, -0.15) is 5.10 Å². The van der Waals surface area contributed by atoms with Gasteiger partial charge in [-0.3, -0.25) is 14.3 Å². The smallest absolute Gasteiger partial charge is 0.241 e. The standard InChI is InChI=1S/C21H24N4O4S/c1-28-18(19-8-5-11-30-19)13-22-21(27)15-25-14-16(12-23-25)24-20(26)9-10-29-17-6-3-2-4-7-17/h2-8,11-12,14,18H,9-10,13,15H2,1H3,(H,22,27)(H,24,26)/t18-/m0/s1. The van der Waals surface area contributed by atoms with Gasteiger partial charge in [-0.15, -0.1) is 11.3 Å². The van der Waals surface area contributed by atoms with Gasteiger partial charge in [0, 0.05) is 24.7 Å². The van der Waals surface area contributed by atoms with Gasteiger partial charge >= 0.3 is 0 Å². The van der Waals surface area contributed by atoms with Gasteiger partial charge in [0.05, 0.1) is 24.9 Å². The molecule has 0 aliphatic heterocycles. The molecule has 1 aromatic carbocycles. The van der Waals surface area contributed by atoms with E-state index in [1.54, 1.807) is 24.6 Å². The van der Waals surface area contributed by atoms with Gasteiger partial charge in [0.2, 0.25) is 11.8 Å². The van der Waals surface area contributed by atoms with Crippen LogP contribution in [-0.2, 0) is 20.9 Å². The molecule has 3 rings (SSSR count). The number of carbonyl (C=O) groups is 2. The Hall–Kier alpha value is -3.17. The molecular formula is C21H24N4O4S. The molecule has 0 saturated carbocycles. The first kappa shape index (κ1) is 21.5. The summed E-state index contributed by atoms with van der Waals surface area (Å²) in [6.45, 7) is 0.702. The third-order valence-electron chi connectivity index (χ3n) is 4.19. The van der Waals surface area contributed by atoms with Crippen molar-refractivity contribution in [3.8, 4) is 5.75 Å². The lowest BCUT2D eigenvalue weighted by Gasteiger charge is -2.14. The van der Waals surface area contributed by atoms with Gasteiger partial charge < -0.3 is 20.1 Å². The summed E-state index contributed by atoms with van der Waals surface area (Å²) in [7, 11) is 1.61. The Morgan fingerprint density at radius 3 is 2.73 bits per heavy atom. The van der Waals surface area contributed by atoms with Crippen molar-refractivity contribution >= 4 is 28.8 Å². The summed E-state index contributed by atoms with van der Waals surface area (Å²) in [6, 6.07) is 13.2. The van der Waals surface area contributed by atoms with E-state index in [-0.39, 0.29) is 37.5 Å². The van der Waals surface area contributed by atoms with Gasteiger partial charge in [-0.05, 0) is 23.6 Å². The maximum atomic E-state index is 12.2. The molecule has 2 N–H and O–H groups in total. The molecule has 0 saturated heterocycles. The molecule has 2 aromatic heterocycles. The number of amides is 2. The number of benzene rings is 1. The average Bonchev–Trinajstić information content (AvgIpc) is 3.42. The Balaban J connectivity index is 1.38. The van der Waals surface area contributed by atoms with E-state index in [4.69, 9.17) is 9.47 Å². The molecule has 2 heterocycles. The monoisotopic (exact) mass is 428 g/mol. The molecule has 0 unspecified atom stereocenters. The van der Waals surface area contributed by atoms with Gasteiger partial charge in [-0.25, -0.2) is 0 Å². The highest BCUT2D eigenvalue weighted by molar-refractivity contribution is 7.10. The zero-order valence-corrected chi connectivity index (χ0v) is 17.4. The van der Waals surface area contributed by atoms with Crippen molar-refractivity contribution < 1.29 is 19.1 Å². The molecule has 30 heavy (non-hydrogen) atoms. The van der Waals surface area contributed by atoms with Crippen LogP contribution in [0.1, 0.15) is 17.4 Å². The van der Waals surface area contributed by atoms with E-state index in [1.807, 2.05) is 47.8 Å². The van der Waals surface area contributed by atoms with Crippen LogP contribution in [0.15, 0.2) is 60.2 Å². The van der Waals surface area contributed by atoms with E-state index in [9.17, 15) is 9.59 Å². The summed E-state index contributed by atoms with van der Waals surface area (Å²) in [5.41, 5.74) is 0.529. The van der Waals surface area contributed by atoms with Crippen molar-refractivity contribution in [2.24, 2.45) is 0 Å². The Morgan fingerprint density at radius 2 is 2.00 bits per heavy atom. The zero-order valence-electron chi connectivity index (χ0n) is 16.6. The lowest BCUT2D eigenvalue weighted by atomic mass is 10.3. The number of nitrogens with zero attached hydrogens (tertiary/aromatic N) is 2. The first-order chi connectivity index (χ1) is 14.6. The number of para-hydroxylation sites is 1. The third-order valence-corrected chi connectivity index (χ3v) is 5.16. The summed E-state index contributed by atoms with van der Waals surface area (Å²) >= 11 is 1.58. The SMILES string of the molecule is CO[C@@H](CNC(=O)Cn1cc(NC(=O)CCOc2ccccc2)cn1)c1cccs1. The number of nitrogens with one attached hydrogen (secondary N) is 2. The summed E-state index contributed by atoms with van der Waals surface area (Å²) in [6.07, 6.45) is 3.15. The molecule has 2 amide bonds. The quantitative estimate of drug-likeness (QED) is 0.490. The molecule has 1 atom stereocenters. The first-order valence-electron chi connectivity index (χ1n) is 9.47. The minimum Gasteiger partial charge on any atom is -0.493 e. The molecule has 0 aliphatic carbocycles. The number of methoxy groups -OCH3 is 1.